The van der Waals surface area contributed by atoms with Crippen molar-refractivity contribution in [3.05, 3.63) is 47.8 Å². The van der Waals surface area contributed by atoms with E-state index >= 15 is 0 Å². The molecule has 2 rings (SSSR count). The molecule has 0 saturated carbocycles. The molecular formula is C17H20N2O6S. The van der Waals surface area contributed by atoms with Crippen molar-refractivity contribution >= 4 is 27.6 Å². The molecule has 0 bridgehead atoms. The van der Waals surface area contributed by atoms with Crippen LogP contribution < -0.4 is 4.72 Å². The van der Waals surface area contributed by atoms with Crippen LogP contribution in [0.3, 0.4) is 0 Å². The Morgan fingerprint density at radius 3 is 2.38 bits per heavy atom. The van der Waals surface area contributed by atoms with Crippen molar-refractivity contribution in [2.75, 3.05) is 17.9 Å². The topological polar surface area (TPSA) is 104 Å². The number of hydrogen-bond acceptors (Lipinski definition) is 6. The van der Waals surface area contributed by atoms with E-state index in [1.54, 1.807) is 27.0 Å². The minimum absolute atomic E-state index is 0.0930. The van der Waals surface area contributed by atoms with Gasteiger partial charge in [0.25, 0.3) is 10.0 Å². The fraction of sp³-hybridized carbons (Fsp3) is 0.294. The molecule has 1 aromatic heterocycles. The van der Waals surface area contributed by atoms with Crippen LogP contribution in [0.4, 0.5) is 5.69 Å². The molecule has 0 saturated heterocycles. The minimum atomic E-state index is -3.95. The van der Waals surface area contributed by atoms with Gasteiger partial charge in [-0.05, 0) is 38.1 Å². The summed E-state index contributed by atoms with van der Waals surface area (Å²) in [7, 11) is -2.40. The maximum absolute atomic E-state index is 12.6. The zero-order valence-corrected chi connectivity index (χ0v) is 15.5. The summed E-state index contributed by atoms with van der Waals surface area (Å²) in [5.41, 5.74) is 0.553. The lowest BCUT2D eigenvalue weighted by atomic mass is 10.2. The van der Waals surface area contributed by atoms with Gasteiger partial charge in [0.15, 0.2) is 0 Å². The molecule has 0 aliphatic rings. The van der Waals surface area contributed by atoms with Crippen LogP contribution in [0.1, 0.15) is 34.7 Å². The van der Waals surface area contributed by atoms with Crippen LogP contribution in [0.2, 0.25) is 0 Å². The number of rotatable bonds is 7. The number of carbonyl (C=O) groups excluding carboxylic acids is 2. The molecule has 0 radical (unpaired) electrons. The summed E-state index contributed by atoms with van der Waals surface area (Å²) in [5, 5.41) is 0. The van der Waals surface area contributed by atoms with E-state index in [1.807, 2.05) is 0 Å². The molecule has 0 unspecified atom stereocenters. The van der Waals surface area contributed by atoms with Crippen molar-refractivity contribution in [3.63, 3.8) is 0 Å². The number of esters is 2. The van der Waals surface area contributed by atoms with Crippen LogP contribution in [-0.4, -0.2) is 38.1 Å². The normalized spacial score (nSPS) is 11.0. The number of nitrogens with one attached hydrogen (secondary N) is 1. The predicted molar refractivity (Wildman–Crippen MR) is 94.6 cm³/mol. The molecule has 1 heterocycles. The maximum Gasteiger partial charge on any atom is 0.354 e. The Hall–Kier alpha value is -2.81. The maximum atomic E-state index is 12.6. The van der Waals surface area contributed by atoms with Gasteiger partial charge in [0.05, 0.1) is 18.8 Å². The Labute approximate surface area is 151 Å². The number of hydrogen-bond donors (Lipinski definition) is 1. The first-order valence-corrected chi connectivity index (χ1v) is 9.40. The van der Waals surface area contributed by atoms with Crippen molar-refractivity contribution in [2.24, 2.45) is 7.05 Å². The van der Waals surface area contributed by atoms with Gasteiger partial charge in [-0.1, -0.05) is 6.07 Å². The first kappa shape index (κ1) is 19.5. The van der Waals surface area contributed by atoms with Gasteiger partial charge in [-0.2, -0.15) is 0 Å². The number of sulfonamides is 1. The zero-order chi connectivity index (χ0) is 19.3. The lowest BCUT2D eigenvalue weighted by Gasteiger charge is -2.08. The average Bonchev–Trinajstić information content (AvgIpc) is 2.98. The number of benzene rings is 1. The van der Waals surface area contributed by atoms with Crippen LogP contribution in [-0.2, 0) is 26.5 Å². The van der Waals surface area contributed by atoms with Crippen LogP contribution in [0.5, 0.6) is 0 Å². The Morgan fingerprint density at radius 2 is 1.73 bits per heavy atom. The third-order valence-electron chi connectivity index (χ3n) is 3.40. The summed E-state index contributed by atoms with van der Waals surface area (Å²) in [4.78, 5) is 23.5. The number of ether oxygens (including phenoxy) is 2. The summed E-state index contributed by atoms with van der Waals surface area (Å²) in [6.07, 6.45) is 1.31. The van der Waals surface area contributed by atoms with Crippen LogP contribution >= 0.6 is 0 Å². The number of carbonyl (C=O) groups is 2. The quantitative estimate of drug-likeness (QED) is 0.739. The zero-order valence-electron chi connectivity index (χ0n) is 14.7. The van der Waals surface area contributed by atoms with Gasteiger partial charge in [0.1, 0.15) is 10.6 Å². The van der Waals surface area contributed by atoms with Crippen LogP contribution in [0.25, 0.3) is 0 Å². The lowest BCUT2D eigenvalue weighted by molar-refractivity contribution is 0.0509. The van der Waals surface area contributed by atoms with Gasteiger partial charge in [0, 0.05) is 18.9 Å². The first-order chi connectivity index (χ1) is 12.3. The standard InChI is InChI=1S/C17H20N2O6S/c1-4-24-16(20)12-7-6-8-13(9-12)18-26(22,23)14-10-15(19(3)11-14)17(21)25-5-2/h6-11,18H,4-5H2,1-3H3. The Balaban J connectivity index is 2.27. The van der Waals surface area contributed by atoms with E-state index in [0.717, 1.165) is 0 Å². The highest BCUT2D eigenvalue weighted by Gasteiger charge is 2.21. The number of aromatic nitrogens is 1. The molecule has 1 aromatic carbocycles. The SMILES string of the molecule is CCOC(=O)c1cccc(NS(=O)(=O)c2cc(C(=O)OCC)n(C)c2)c1. The molecule has 0 atom stereocenters. The molecule has 0 aliphatic carbocycles. The highest BCUT2D eigenvalue weighted by molar-refractivity contribution is 7.92. The summed E-state index contributed by atoms with van der Waals surface area (Å²) in [5.74, 6) is -1.15. The van der Waals surface area contributed by atoms with Crippen molar-refractivity contribution in [3.8, 4) is 0 Å². The number of nitrogens with zero attached hydrogens (tertiary/aromatic N) is 1. The molecule has 0 amide bonds. The van der Waals surface area contributed by atoms with Crippen molar-refractivity contribution in [1.82, 2.24) is 4.57 Å². The van der Waals surface area contributed by atoms with Crippen LogP contribution in [0, 0.1) is 0 Å². The molecule has 9 heteroatoms. The smallest absolute Gasteiger partial charge is 0.354 e. The van der Waals surface area contributed by atoms with E-state index in [0.29, 0.717) is 0 Å². The predicted octanol–water partition coefficient (Wildman–Crippen LogP) is 2.18. The molecule has 0 fully saturated rings. The fourth-order valence-corrected chi connectivity index (χ4v) is 3.35. The summed E-state index contributed by atoms with van der Waals surface area (Å²) in [6, 6.07) is 7.19. The Bertz CT molecular complexity index is 917. The van der Waals surface area contributed by atoms with Gasteiger partial charge in [-0.3, -0.25) is 4.72 Å². The van der Waals surface area contributed by atoms with E-state index in [4.69, 9.17) is 9.47 Å². The summed E-state index contributed by atoms with van der Waals surface area (Å²) < 4.78 is 38.7. The minimum Gasteiger partial charge on any atom is -0.462 e. The third kappa shape index (κ3) is 4.42. The molecule has 1 N–H and O–H groups in total. The Kier molecular flexibility index (Phi) is 6.04. The van der Waals surface area contributed by atoms with E-state index in [-0.39, 0.29) is 35.1 Å². The summed E-state index contributed by atoms with van der Waals surface area (Å²) in [6.45, 7) is 3.75. The molecule has 0 aliphatic heterocycles. The number of anilines is 1. The molecule has 8 nitrogen and oxygen atoms in total. The fourth-order valence-electron chi connectivity index (χ4n) is 2.23. The highest BCUT2D eigenvalue weighted by atomic mass is 32.2. The van der Waals surface area contributed by atoms with Gasteiger partial charge in [-0.15, -0.1) is 0 Å². The lowest BCUT2D eigenvalue weighted by Crippen LogP contribution is -2.13. The molecule has 2 aromatic rings. The van der Waals surface area contributed by atoms with Gasteiger partial charge in [-0.25, -0.2) is 18.0 Å². The monoisotopic (exact) mass is 380 g/mol. The molecule has 0 spiro atoms. The van der Waals surface area contributed by atoms with Crippen molar-refractivity contribution < 1.29 is 27.5 Å². The van der Waals surface area contributed by atoms with E-state index < -0.39 is 22.0 Å². The second kappa shape index (κ2) is 8.05. The second-order valence-corrected chi connectivity index (χ2v) is 6.98. The number of aryl methyl sites for hydroxylation is 1. The molecular weight excluding hydrogens is 360 g/mol. The third-order valence-corrected chi connectivity index (χ3v) is 4.75. The van der Waals surface area contributed by atoms with Crippen molar-refractivity contribution in [2.45, 2.75) is 18.7 Å². The molecule has 140 valence electrons. The van der Waals surface area contributed by atoms with E-state index in [9.17, 15) is 18.0 Å². The van der Waals surface area contributed by atoms with Gasteiger partial charge in [0.2, 0.25) is 0 Å². The van der Waals surface area contributed by atoms with Crippen LogP contribution in [0.15, 0.2) is 41.4 Å². The Morgan fingerprint density at radius 1 is 1.08 bits per heavy atom. The average molecular weight is 380 g/mol. The van der Waals surface area contributed by atoms with E-state index in [1.165, 1.54) is 35.0 Å². The second-order valence-electron chi connectivity index (χ2n) is 5.30. The van der Waals surface area contributed by atoms with Gasteiger partial charge >= 0.3 is 11.9 Å². The largest absolute Gasteiger partial charge is 0.462 e. The first-order valence-electron chi connectivity index (χ1n) is 7.92. The molecule has 26 heavy (non-hydrogen) atoms. The highest BCUT2D eigenvalue weighted by Crippen LogP contribution is 2.20. The van der Waals surface area contributed by atoms with Crippen molar-refractivity contribution in [1.29, 1.82) is 0 Å². The van der Waals surface area contributed by atoms with E-state index in [2.05, 4.69) is 4.72 Å². The van der Waals surface area contributed by atoms with Gasteiger partial charge < -0.3 is 14.0 Å². The summed E-state index contributed by atoms with van der Waals surface area (Å²) >= 11 is 0.